The molecule has 0 fully saturated rings. The Morgan fingerprint density at radius 3 is 2.11 bits per heavy atom. The summed E-state index contributed by atoms with van der Waals surface area (Å²) in [6, 6.07) is 11.1. The van der Waals surface area contributed by atoms with Gasteiger partial charge in [-0.25, -0.2) is 4.58 Å². The number of hydrogen-bond acceptors (Lipinski definition) is 2. The second kappa shape index (κ2) is 16.6. The first-order valence-electron chi connectivity index (χ1n) is 14.2. The molecule has 2 aliphatic rings. The molecule has 1 aliphatic heterocycles. The van der Waals surface area contributed by atoms with Crippen LogP contribution in [0.4, 0.5) is 5.69 Å². The number of hydrogen-bond donors (Lipinski definition) is 2. The smallest absolute Gasteiger partial charge is 0.214 e. The lowest BCUT2D eigenvalue weighted by Crippen LogP contribution is -3.00. The van der Waals surface area contributed by atoms with Crippen LogP contribution < -0.4 is 64.0 Å². The minimum atomic E-state index is 0. The highest BCUT2D eigenvalue weighted by Gasteiger charge is 2.32. The van der Waals surface area contributed by atoms with E-state index < -0.39 is 0 Å². The van der Waals surface area contributed by atoms with Gasteiger partial charge in [-0.15, -0.1) is 0 Å². The van der Waals surface area contributed by atoms with E-state index in [1.54, 1.807) is 0 Å². The van der Waals surface area contributed by atoms with Gasteiger partial charge in [-0.3, -0.25) is 0 Å². The van der Waals surface area contributed by atoms with Crippen LogP contribution in [0.2, 0.25) is 0 Å². The summed E-state index contributed by atoms with van der Waals surface area (Å²) in [6.07, 6.45) is 23.2. The van der Waals surface area contributed by atoms with Crippen LogP contribution in [0.25, 0.3) is 10.9 Å². The third kappa shape index (κ3) is 8.54. The number of nitrogens with zero attached hydrogens (tertiary/aromatic N) is 2. The van der Waals surface area contributed by atoms with Gasteiger partial charge in [-0.2, -0.15) is 4.57 Å². The number of para-hydroxylation sites is 1. The molecular weight excluding hydrogens is 694 g/mol. The Kier molecular flexibility index (Phi) is 14.4. The van der Waals surface area contributed by atoms with Crippen LogP contribution in [0.3, 0.4) is 0 Å². The SMILES string of the molecule is CC1=[N+](CCCCCCCCCCCC[n+]2c(C)cc(N)c3ccccc32)C2CC=CC=C2C(N)=C1.[I-].[I-]. The molecule has 2 aromatic rings. The molecule has 0 saturated heterocycles. The summed E-state index contributed by atoms with van der Waals surface area (Å²) in [7, 11) is 0. The normalized spacial score (nSPS) is 16.4. The summed E-state index contributed by atoms with van der Waals surface area (Å²) < 4.78 is 5.00. The monoisotopic (exact) mass is 740 g/mol. The van der Waals surface area contributed by atoms with Gasteiger partial charge in [0, 0.05) is 62.6 Å². The molecule has 0 saturated carbocycles. The van der Waals surface area contributed by atoms with Gasteiger partial charge in [0.15, 0.2) is 17.4 Å². The minimum absolute atomic E-state index is 0. The molecule has 38 heavy (non-hydrogen) atoms. The molecule has 4 N–H and O–H groups in total. The van der Waals surface area contributed by atoms with Gasteiger partial charge in [-0.05, 0) is 18.9 Å². The molecule has 0 radical (unpaired) electrons. The molecule has 1 aromatic carbocycles. The van der Waals surface area contributed by atoms with Crippen molar-refractivity contribution in [3.8, 4) is 0 Å². The van der Waals surface area contributed by atoms with E-state index >= 15 is 0 Å². The summed E-state index contributed by atoms with van der Waals surface area (Å²) in [4.78, 5) is 0. The van der Waals surface area contributed by atoms with Gasteiger partial charge in [0.2, 0.25) is 5.52 Å². The summed E-state index contributed by atoms with van der Waals surface area (Å²) in [5.74, 6) is 0. The zero-order valence-electron chi connectivity index (χ0n) is 23.3. The van der Waals surface area contributed by atoms with E-state index in [0.29, 0.717) is 6.04 Å². The fourth-order valence-electron chi connectivity index (χ4n) is 5.96. The van der Waals surface area contributed by atoms with Crippen molar-refractivity contribution in [2.45, 2.75) is 97.1 Å². The maximum atomic E-state index is 6.27. The van der Waals surface area contributed by atoms with Crippen LogP contribution in [0.15, 0.2) is 65.9 Å². The third-order valence-electron chi connectivity index (χ3n) is 7.98. The number of anilines is 1. The molecule has 0 amide bonds. The average molecular weight is 741 g/mol. The van der Waals surface area contributed by atoms with Gasteiger partial charge >= 0.3 is 0 Å². The standard InChI is InChI=1S/C32H44N4.2HI/c1-25-23-29(33)27-17-11-13-19-31(27)35(25)21-15-9-7-5-3-4-6-8-10-16-22-36-26(2)24-30(34)28-18-12-14-20-32(28)36;;/h11-14,17-19,23-24,32-34H,3-10,15-16,20-22H2,1-2H3;2*1H. The van der Waals surface area contributed by atoms with Crippen molar-refractivity contribution in [2.75, 3.05) is 12.3 Å². The molecule has 0 spiro atoms. The average Bonchev–Trinajstić information content (AvgIpc) is 2.88. The molecule has 0 bridgehead atoms. The van der Waals surface area contributed by atoms with Crippen molar-refractivity contribution >= 4 is 22.3 Å². The minimum Gasteiger partial charge on any atom is -1.00 e. The van der Waals surface area contributed by atoms with Crippen molar-refractivity contribution in [1.29, 1.82) is 0 Å². The molecule has 1 aliphatic carbocycles. The Morgan fingerprint density at radius 1 is 0.816 bits per heavy atom. The Morgan fingerprint density at radius 2 is 1.42 bits per heavy atom. The Labute approximate surface area is 264 Å². The first-order chi connectivity index (χ1) is 17.6. The summed E-state index contributed by atoms with van der Waals surface area (Å²) in [5.41, 5.74) is 19.5. The van der Waals surface area contributed by atoms with Crippen LogP contribution in [0.5, 0.6) is 0 Å². The van der Waals surface area contributed by atoms with E-state index in [1.165, 1.54) is 92.1 Å². The summed E-state index contributed by atoms with van der Waals surface area (Å²) >= 11 is 0. The quantitative estimate of drug-likeness (QED) is 0.179. The number of pyridine rings is 1. The molecule has 1 unspecified atom stereocenters. The summed E-state index contributed by atoms with van der Waals surface area (Å²) in [5, 5.41) is 1.17. The molecule has 1 atom stereocenters. The summed E-state index contributed by atoms with van der Waals surface area (Å²) in [6.45, 7) is 6.60. The fraction of sp³-hybridized carbons (Fsp3) is 0.500. The van der Waals surface area contributed by atoms with Crippen molar-refractivity contribution in [1.82, 2.24) is 0 Å². The van der Waals surface area contributed by atoms with E-state index in [4.69, 9.17) is 11.5 Å². The van der Waals surface area contributed by atoms with E-state index in [2.05, 4.69) is 77.6 Å². The first kappa shape index (κ1) is 32.8. The van der Waals surface area contributed by atoms with E-state index in [1.807, 2.05) is 0 Å². The Hall–Kier alpha value is -1.42. The topological polar surface area (TPSA) is 58.9 Å². The van der Waals surface area contributed by atoms with Gasteiger partial charge in [-0.1, -0.05) is 68.9 Å². The number of halogens is 2. The molecule has 4 rings (SSSR count). The second-order valence-electron chi connectivity index (χ2n) is 10.7. The number of aryl methyl sites for hydroxylation is 2. The number of unbranched alkanes of at least 4 members (excludes halogenated alkanes) is 9. The van der Waals surface area contributed by atoms with Gasteiger partial charge < -0.3 is 59.4 Å². The predicted octanol–water partition coefficient (Wildman–Crippen LogP) is 0.511. The number of fused-ring (bicyclic) bond motifs is 2. The Bertz CT molecular complexity index is 1180. The highest BCUT2D eigenvalue weighted by Crippen LogP contribution is 2.25. The predicted molar refractivity (Wildman–Crippen MR) is 153 cm³/mol. The lowest BCUT2D eigenvalue weighted by molar-refractivity contribution is -0.677. The number of allylic oxidation sites excluding steroid dienone is 3. The lowest BCUT2D eigenvalue weighted by atomic mass is 9.92. The number of rotatable bonds is 13. The molecule has 1 aromatic heterocycles. The van der Waals surface area contributed by atoms with E-state index in [0.717, 1.165) is 30.9 Å². The van der Waals surface area contributed by atoms with E-state index in [9.17, 15) is 0 Å². The maximum Gasteiger partial charge on any atom is 0.214 e. The van der Waals surface area contributed by atoms with Crippen LogP contribution >= 0.6 is 0 Å². The molecule has 4 nitrogen and oxygen atoms in total. The van der Waals surface area contributed by atoms with Crippen LogP contribution in [-0.2, 0) is 6.54 Å². The Balaban J connectivity index is 0.00000253. The van der Waals surface area contributed by atoms with Crippen molar-refractivity contribution in [2.24, 2.45) is 5.73 Å². The van der Waals surface area contributed by atoms with Crippen molar-refractivity contribution in [3.63, 3.8) is 0 Å². The third-order valence-corrected chi connectivity index (χ3v) is 7.98. The van der Waals surface area contributed by atoms with Gasteiger partial charge in [0.1, 0.15) is 13.1 Å². The number of nitrogen functional groups attached to an aromatic ring is 1. The highest BCUT2D eigenvalue weighted by atomic mass is 127. The zero-order chi connectivity index (χ0) is 25.3. The number of aromatic nitrogens is 1. The van der Waals surface area contributed by atoms with E-state index in [-0.39, 0.29) is 48.0 Å². The molecule has 6 heteroatoms. The van der Waals surface area contributed by atoms with Crippen LogP contribution in [0, 0.1) is 6.92 Å². The molecular formula is C32H46I2N4. The van der Waals surface area contributed by atoms with Gasteiger partial charge in [0.05, 0.1) is 11.1 Å². The van der Waals surface area contributed by atoms with Crippen molar-refractivity contribution < 1.29 is 57.1 Å². The van der Waals surface area contributed by atoms with Crippen LogP contribution in [-0.4, -0.2) is 22.9 Å². The second-order valence-corrected chi connectivity index (χ2v) is 10.7. The van der Waals surface area contributed by atoms with Crippen LogP contribution in [0.1, 0.15) is 83.2 Å². The molecule has 208 valence electrons. The number of nitrogens with two attached hydrogens (primary N) is 2. The maximum absolute atomic E-state index is 6.27. The molecule has 2 heterocycles. The largest absolute Gasteiger partial charge is 1.00 e. The highest BCUT2D eigenvalue weighted by molar-refractivity contribution is 5.91. The lowest BCUT2D eigenvalue weighted by Gasteiger charge is -2.25. The first-order valence-corrected chi connectivity index (χ1v) is 14.2. The zero-order valence-corrected chi connectivity index (χ0v) is 27.6. The van der Waals surface area contributed by atoms with Crippen molar-refractivity contribution in [3.05, 3.63) is 71.6 Å². The number of benzene rings is 1. The fourth-order valence-corrected chi connectivity index (χ4v) is 5.96. The van der Waals surface area contributed by atoms with Gasteiger partial charge in [0.25, 0.3) is 0 Å².